The Morgan fingerprint density at radius 1 is 1.22 bits per heavy atom. The molecule has 1 N–H and O–H groups in total. The maximum absolute atomic E-state index is 12.4. The molecule has 1 amide bonds. The summed E-state index contributed by atoms with van der Waals surface area (Å²) in [4.78, 5) is 24.7. The second-order valence-corrected chi connectivity index (χ2v) is 6.44. The zero-order valence-electron chi connectivity index (χ0n) is 16.9. The largest absolute Gasteiger partial charge is 0.464 e. The number of carbonyl (C=O) groups is 2. The third-order valence-corrected chi connectivity index (χ3v) is 4.57. The first-order valence-corrected chi connectivity index (χ1v) is 9.21. The zero-order chi connectivity index (χ0) is 20.1. The number of furan rings is 1. The van der Waals surface area contributed by atoms with Crippen LogP contribution < -0.4 is 5.32 Å². The minimum atomic E-state index is -0.371. The van der Waals surface area contributed by atoms with Crippen molar-refractivity contribution < 1.29 is 18.7 Å². The maximum Gasteiger partial charge on any atom is 0.340 e. The molecule has 2 aromatic rings. The second kappa shape index (κ2) is 8.75. The molecule has 2 aromatic heterocycles. The van der Waals surface area contributed by atoms with Gasteiger partial charge in [0.2, 0.25) is 5.91 Å². The van der Waals surface area contributed by atoms with Crippen molar-refractivity contribution in [2.75, 3.05) is 6.61 Å². The Morgan fingerprint density at radius 3 is 2.48 bits per heavy atom. The molecule has 1 atom stereocenters. The van der Waals surface area contributed by atoms with Crippen molar-refractivity contribution in [1.29, 1.82) is 0 Å². The number of rotatable bonds is 7. The number of aromatic nitrogens is 1. The summed E-state index contributed by atoms with van der Waals surface area (Å²) in [5.74, 6) is 0.871. The van der Waals surface area contributed by atoms with E-state index in [4.69, 9.17) is 9.15 Å². The molecule has 0 fully saturated rings. The Labute approximate surface area is 160 Å². The Kier molecular flexibility index (Phi) is 6.66. The van der Waals surface area contributed by atoms with E-state index in [-0.39, 0.29) is 17.9 Å². The van der Waals surface area contributed by atoms with Gasteiger partial charge in [0.25, 0.3) is 0 Å². The zero-order valence-corrected chi connectivity index (χ0v) is 16.9. The smallest absolute Gasteiger partial charge is 0.340 e. The number of carbonyl (C=O) groups excluding carboxylic acids is 2. The van der Waals surface area contributed by atoms with Crippen molar-refractivity contribution in [3.05, 3.63) is 52.2 Å². The van der Waals surface area contributed by atoms with E-state index in [0.717, 1.165) is 23.7 Å². The van der Waals surface area contributed by atoms with Gasteiger partial charge in [0.05, 0.1) is 18.2 Å². The molecule has 0 saturated carbocycles. The van der Waals surface area contributed by atoms with Crippen LogP contribution in [0.4, 0.5) is 0 Å². The number of aryl methyl sites for hydroxylation is 1. The molecule has 2 heterocycles. The van der Waals surface area contributed by atoms with Gasteiger partial charge in [0, 0.05) is 29.6 Å². The molecule has 0 aliphatic rings. The Balaban J connectivity index is 2.24. The Morgan fingerprint density at radius 2 is 1.93 bits per heavy atom. The maximum atomic E-state index is 12.4. The van der Waals surface area contributed by atoms with Crippen molar-refractivity contribution in [2.45, 2.75) is 54.1 Å². The summed E-state index contributed by atoms with van der Waals surface area (Å²) >= 11 is 0. The average Bonchev–Trinajstić information content (AvgIpc) is 3.14. The highest BCUT2D eigenvalue weighted by Gasteiger charge is 2.22. The lowest BCUT2D eigenvalue weighted by Crippen LogP contribution is -2.24. The SMILES string of the molecule is CCOC(=O)c1c(/C=C/C(=O)NC(C)c2ccc(C)o2)c(C)n(CC)c1C. The Bertz CT molecular complexity index is 858. The first kappa shape index (κ1) is 20.6. The van der Waals surface area contributed by atoms with Crippen LogP contribution in [-0.2, 0) is 16.1 Å². The Hall–Kier alpha value is -2.76. The third kappa shape index (κ3) is 4.51. The first-order chi connectivity index (χ1) is 12.8. The minimum absolute atomic E-state index is 0.247. The van der Waals surface area contributed by atoms with Crippen molar-refractivity contribution in [1.82, 2.24) is 9.88 Å². The van der Waals surface area contributed by atoms with Crippen LogP contribution in [0.2, 0.25) is 0 Å². The van der Waals surface area contributed by atoms with Gasteiger partial charge in [-0.15, -0.1) is 0 Å². The van der Waals surface area contributed by atoms with Crippen LogP contribution in [0.5, 0.6) is 0 Å². The second-order valence-electron chi connectivity index (χ2n) is 6.44. The van der Waals surface area contributed by atoms with Gasteiger partial charge in [-0.05, 0) is 59.8 Å². The molecule has 0 saturated heterocycles. The molecule has 0 spiro atoms. The van der Waals surface area contributed by atoms with Crippen LogP contribution >= 0.6 is 0 Å². The van der Waals surface area contributed by atoms with E-state index in [2.05, 4.69) is 5.32 Å². The molecule has 6 nitrogen and oxygen atoms in total. The highest BCUT2D eigenvalue weighted by Crippen LogP contribution is 2.25. The van der Waals surface area contributed by atoms with Crippen LogP contribution in [0, 0.1) is 20.8 Å². The van der Waals surface area contributed by atoms with Crippen LogP contribution in [0.1, 0.15) is 65.6 Å². The van der Waals surface area contributed by atoms with E-state index in [0.29, 0.717) is 23.5 Å². The van der Waals surface area contributed by atoms with Crippen molar-refractivity contribution >= 4 is 18.0 Å². The molecular weight excluding hydrogens is 344 g/mol. The van der Waals surface area contributed by atoms with Gasteiger partial charge in [0.15, 0.2) is 0 Å². The van der Waals surface area contributed by atoms with Crippen molar-refractivity contribution in [3.63, 3.8) is 0 Å². The van der Waals surface area contributed by atoms with E-state index in [1.165, 1.54) is 6.08 Å². The standard InChI is InChI=1S/C21H28N2O4/c1-7-23-15(5)17(20(16(23)6)21(25)26-8-2)10-12-19(24)22-14(4)18-11-9-13(3)27-18/h9-12,14H,7-8H2,1-6H3,(H,22,24)/b12-10+. The monoisotopic (exact) mass is 372 g/mol. The fourth-order valence-electron chi connectivity index (χ4n) is 3.22. The molecule has 2 rings (SSSR count). The van der Waals surface area contributed by atoms with E-state index >= 15 is 0 Å². The molecule has 1 unspecified atom stereocenters. The predicted molar refractivity (Wildman–Crippen MR) is 105 cm³/mol. The number of ether oxygens (including phenoxy) is 1. The summed E-state index contributed by atoms with van der Waals surface area (Å²) in [6.45, 7) is 12.4. The lowest BCUT2D eigenvalue weighted by molar-refractivity contribution is -0.117. The fraction of sp³-hybridized carbons (Fsp3) is 0.429. The highest BCUT2D eigenvalue weighted by molar-refractivity contribution is 5.98. The lowest BCUT2D eigenvalue weighted by Gasteiger charge is -2.09. The lowest BCUT2D eigenvalue weighted by atomic mass is 10.1. The van der Waals surface area contributed by atoms with Gasteiger partial charge in [-0.1, -0.05) is 0 Å². The number of amides is 1. The predicted octanol–water partition coefficient (Wildman–Crippen LogP) is 4.09. The summed E-state index contributed by atoms with van der Waals surface area (Å²) in [7, 11) is 0. The molecule has 27 heavy (non-hydrogen) atoms. The molecule has 0 aromatic carbocycles. The van der Waals surface area contributed by atoms with Gasteiger partial charge >= 0.3 is 5.97 Å². The number of hydrogen-bond donors (Lipinski definition) is 1. The molecule has 0 aliphatic carbocycles. The van der Waals surface area contributed by atoms with E-state index < -0.39 is 0 Å². The number of esters is 1. The van der Waals surface area contributed by atoms with E-state index in [9.17, 15) is 9.59 Å². The summed E-state index contributed by atoms with van der Waals surface area (Å²) in [6.07, 6.45) is 3.12. The molecule has 0 aliphatic heterocycles. The first-order valence-electron chi connectivity index (χ1n) is 9.21. The average molecular weight is 372 g/mol. The molecule has 146 valence electrons. The molecular formula is C21H28N2O4. The van der Waals surface area contributed by atoms with Crippen LogP contribution in [0.3, 0.4) is 0 Å². The number of hydrogen-bond acceptors (Lipinski definition) is 4. The summed E-state index contributed by atoms with van der Waals surface area (Å²) in [5.41, 5.74) is 2.99. The van der Waals surface area contributed by atoms with Gasteiger partial charge < -0.3 is 19.0 Å². The van der Waals surface area contributed by atoms with Crippen molar-refractivity contribution in [2.24, 2.45) is 0 Å². The van der Waals surface area contributed by atoms with Gasteiger partial charge in [-0.3, -0.25) is 4.79 Å². The number of nitrogens with one attached hydrogen (secondary N) is 1. The van der Waals surface area contributed by atoms with Gasteiger partial charge in [0.1, 0.15) is 11.5 Å². The molecule has 0 bridgehead atoms. The van der Waals surface area contributed by atoms with E-state index in [1.807, 2.05) is 51.3 Å². The summed E-state index contributed by atoms with van der Waals surface area (Å²) < 4.78 is 12.8. The summed E-state index contributed by atoms with van der Waals surface area (Å²) in [5, 5.41) is 2.87. The normalized spacial score (nSPS) is 12.4. The van der Waals surface area contributed by atoms with Crippen molar-refractivity contribution in [3.8, 4) is 0 Å². The van der Waals surface area contributed by atoms with E-state index in [1.54, 1.807) is 13.0 Å². The fourth-order valence-corrected chi connectivity index (χ4v) is 3.22. The quantitative estimate of drug-likeness (QED) is 0.587. The van der Waals surface area contributed by atoms with Gasteiger partial charge in [-0.25, -0.2) is 4.79 Å². The third-order valence-electron chi connectivity index (χ3n) is 4.57. The highest BCUT2D eigenvalue weighted by atomic mass is 16.5. The van der Waals surface area contributed by atoms with Gasteiger partial charge in [-0.2, -0.15) is 0 Å². The van der Waals surface area contributed by atoms with Crippen LogP contribution in [-0.4, -0.2) is 23.1 Å². The summed E-state index contributed by atoms with van der Waals surface area (Å²) in [6, 6.07) is 3.46. The van der Waals surface area contributed by atoms with Crippen LogP contribution in [0.15, 0.2) is 22.6 Å². The topological polar surface area (TPSA) is 73.5 Å². The molecule has 6 heteroatoms. The van der Waals surface area contributed by atoms with Crippen LogP contribution in [0.25, 0.3) is 6.08 Å². The minimum Gasteiger partial charge on any atom is -0.464 e. The molecule has 0 radical (unpaired) electrons. The number of nitrogens with zero attached hydrogens (tertiary/aromatic N) is 1.